The van der Waals surface area contributed by atoms with E-state index in [1.54, 1.807) is 4.68 Å². The number of nitrogens with zero attached hydrogens (tertiary/aromatic N) is 4. The Hall–Kier alpha value is -3.45. The molecule has 7 nitrogen and oxygen atoms in total. The fourth-order valence-corrected chi connectivity index (χ4v) is 4.10. The van der Waals surface area contributed by atoms with Crippen molar-refractivity contribution in [3.63, 3.8) is 0 Å². The zero-order chi connectivity index (χ0) is 22.1. The van der Waals surface area contributed by atoms with E-state index in [-0.39, 0.29) is 6.10 Å². The van der Waals surface area contributed by atoms with Gasteiger partial charge in [-0.1, -0.05) is 56.3 Å². The normalized spacial score (nSPS) is 16.2. The van der Waals surface area contributed by atoms with Crippen LogP contribution in [0.4, 0.5) is 11.8 Å². The molecule has 3 N–H and O–H groups in total. The molecule has 1 atom stereocenters. The summed E-state index contributed by atoms with van der Waals surface area (Å²) >= 11 is 0. The second-order valence-corrected chi connectivity index (χ2v) is 8.52. The molecule has 4 aromatic rings. The molecule has 0 radical (unpaired) electrons. The fraction of sp³-hybridized carbons (Fsp3) is 0.320. The van der Waals surface area contributed by atoms with Gasteiger partial charge in [-0.15, -0.1) is 5.10 Å². The third-order valence-electron chi connectivity index (χ3n) is 5.93. The molecular formula is C25H28N6O. The van der Waals surface area contributed by atoms with E-state index >= 15 is 0 Å². The zero-order valence-electron chi connectivity index (χ0n) is 18.5. The molecule has 7 heteroatoms. The number of hydrogen-bond donors (Lipinski definition) is 2. The van der Waals surface area contributed by atoms with E-state index in [2.05, 4.69) is 36.3 Å². The Morgan fingerprint density at radius 2 is 1.88 bits per heavy atom. The van der Waals surface area contributed by atoms with Crippen LogP contribution in [0.3, 0.4) is 0 Å². The van der Waals surface area contributed by atoms with Crippen LogP contribution in [0, 0.1) is 0 Å². The van der Waals surface area contributed by atoms with Crippen molar-refractivity contribution in [2.45, 2.75) is 38.7 Å². The molecule has 1 aliphatic rings. The van der Waals surface area contributed by atoms with E-state index in [4.69, 9.17) is 20.6 Å². The zero-order valence-corrected chi connectivity index (χ0v) is 18.5. The average molecular weight is 429 g/mol. The molecule has 0 amide bonds. The minimum absolute atomic E-state index is 0.191. The molecular weight excluding hydrogens is 400 g/mol. The van der Waals surface area contributed by atoms with Crippen LogP contribution in [0.2, 0.25) is 0 Å². The second-order valence-electron chi connectivity index (χ2n) is 8.52. The Balaban J connectivity index is 1.59. The van der Waals surface area contributed by atoms with Crippen molar-refractivity contribution < 1.29 is 4.74 Å². The van der Waals surface area contributed by atoms with Crippen LogP contribution in [0.25, 0.3) is 28.0 Å². The highest BCUT2D eigenvalue weighted by Gasteiger charge is 2.20. The number of nitrogen functional groups attached to an aromatic ring is 1. The molecule has 1 fully saturated rings. The molecule has 32 heavy (non-hydrogen) atoms. The van der Waals surface area contributed by atoms with E-state index in [0.29, 0.717) is 29.9 Å². The van der Waals surface area contributed by atoms with Gasteiger partial charge in [-0.2, -0.15) is 4.98 Å². The quantitative estimate of drug-likeness (QED) is 0.459. The molecule has 2 aromatic carbocycles. The van der Waals surface area contributed by atoms with Crippen LogP contribution in [0.1, 0.15) is 38.2 Å². The first-order valence-corrected chi connectivity index (χ1v) is 11.2. The van der Waals surface area contributed by atoms with Gasteiger partial charge in [-0.25, -0.2) is 9.67 Å². The maximum absolute atomic E-state index is 6.61. The molecule has 2 aromatic heterocycles. The number of fused-ring (bicyclic) bond motifs is 1. The summed E-state index contributed by atoms with van der Waals surface area (Å²) in [4.78, 5) is 9.51. The lowest BCUT2D eigenvalue weighted by atomic mass is 10.0. The molecule has 164 valence electrons. The van der Waals surface area contributed by atoms with Crippen LogP contribution in [0.5, 0.6) is 0 Å². The van der Waals surface area contributed by atoms with Crippen LogP contribution in [0.15, 0.2) is 54.6 Å². The number of hydrogen-bond acceptors (Lipinski definition) is 6. The summed E-state index contributed by atoms with van der Waals surface area (Å²) in [6.07, 6.45) is 2.34. The standard InChI is InChI=1S/C25H28N6O/c1-16(2)17-10-12-19(13-11-17)31-23(26)21-22(18-7-4-3-5-8-18)28-25(29-24(21)30-31)27-15-20-9-6-14-32-20/h3-5,7-8,10-13,16,20H,6,9,14-15,26H2,1-2H3,(H,27,29,30). The van der Waals surface area contributed by atoms with Gasteiger partial charge in [0.1, 0.15) is 5.82 Å². The van der Waals surface area contributed by atoms with Crippen molar-refractivity contribution >= 4 is 22.8 Å². The van der Waals surface area contributed by atoms with Crippen molar-refractivity contribution in [3.8, 4) is 16.9 Å². The van der Waals surface area contributed by atoms with Crippen molar-refractivity contribution in [1.29, 1.82) is 0 Å². The Kier molecular flexibility index (Phi) is 5.49. The SMILES string of the molecule is CC(C)c1ccc(-n2nc3nc(NCC4CCCO4)nc(-c4ccccc4)c3c2N)cc1. The summed E-state index contributed by atoms with van der Waals surface area (Å²) in [5.41, 5.74) is 11.1. The van der Waals surface area contributed by atoms with Gasteiger partial charge < -0.3 is 15.8 Å². The highest BCUT2D eigenvalue weighted by Crippen LogP contribution is 2.33. The van der Waals surface area contributed by atoms with Gasteiger partial charge in [0.15, 0.2) is 5.65 Å². The lowest BCUT2D eigenvalue weighted by molar-refractivity contribution is 0.120. The Morgan fingerprint density at radius 1 is 1.09 bits per heavy atom. The van der Waals surface area contributed by atoms with E-state index in [0.717, 1.165) is 41.8 Å². The predicted molar refractivity (Wildman–Crippen MR) is 128 cm³/mol. The van der Waals surface area contributed by atoms with Crippen molar-refractivity contribution in [2.24, 2.45) is 0 Å². The van der Waals surface area contributed by atoms with Crippen LogP contribution < -0.4 is 11.1 Å². The van der Waals surface area contributed by atoms with Crippen LogP contribution >= 0.6 is 0 Å². The molecule has 5 rings (SSSR count). The first-order valence-electron chi connectivity index (χ1n) is 11.2. The summed E-state index contributed by atoms with van der Waals surface area (Å²) in [6.45, 7) is 5.85. The number of rotatable bonds is 6. The number of anilines is 2. The number of nitrogens with one attached hydrogen (secondary N) is 1. The minimum atomic E-state index is 0.191. The minimum Gasteiger partial charge on any atom is -0.383 e. The third-order valence-corrected chi connectivity index (χ3v) is 5.93. The lowest BCUT2D eigenvalue weighted by Crippen LogP contribution is -2.19. The Morgan fingerprint density at radius 3 is 2.56 bits per heavy atom. The van der Waals surface area contributed by atoms with Crippen molar-refractivity contribution in [2.75, 3.05) is 24.2 Å². The van der Waals surface area contributed by atoms with E-state index in [1.807, 2.05) is 42.5 Å². The molecule has 1 saturated heterocycles. The van der Waals surface area contributed by atoms with Crippen LogP contribution in [-0.2, 0) is 4.74 Å². The first-order chi connectivity index (χ1) is 15.6. The average Bonchev–Trinajstić information content (AvgIpc) is 3.46. The number of aromatic nitrogens is 4. The summed E-state index contributed by atoms with van der Waals surface area (Å²) in [6, 6.07) is 18.4. The maximum atomic E-state index is 6.61. The first kappa shape index (κ1) is 20.5. The van der Waals surface area contributed by atoms with Gasteiger partial charge in [0.25, 0.3) is 0 Å². The van der Waals surface area contributed by atoms with Crippen molar-refractivity contribution in [1.82, 2.24) is 19.7 Å². The van der Waals surface area contributed by atoms with E-state index in [1.165, 1.54) is 5.56 Å². The second kappa shape index (κ2) is 8.59. The third kappa shape index (κ3) is 3.91. The van der Waals surface area contributed by atoms with E-state index < -0.39 is 0 Å². The molecule has 1 aliphatic heterocycles. The number of nitrogens with two attached hydrogens (primary N) is 1. The van der Waals surface area contributed by atoms with Crippen LogP contribution in [-0.4, -0.2) is 39.0 Å². The van der Waals surface area contributed by atoms with Gasteiger partial charge >= 0.3 is 0 Å². The molecule has 0 bridgehead atoms. The van der Waals surface area contributed by atoms with Gasteiger partial charge in [0.2, 0.25) is 5.95 Å². The topological polar surface area (TPSA) is 90.9 Å². The summed E-state index contributed by atoms with van der Waals surface area (Å²) in [5, 5.41) is 8.85. The lowest BCUT2D eigenvalue weighted by Gasteiger charge is -2.12. The highest BCUT2D eigenvalue weighted by atomic mass is 16.5. The molecule has 3 heterocycles. The number of benzene rings is 2. The highest BCUT2D eigenvalue weighted by molar-refractivity contribution is 5.99. The van der Waals surface area contributed by atoms with Gasteiger partial charge in [-0.3, -0.25) is 0 Å². The monoisotopic (exact) mass is 428 g/mol. The molecule has 0 aliphatic carbocycles. The largest absolute Gasteiger partial charge is 0.383 e. The maximum Gasteiger partial charge on any atom is 0.225 e. The van der Waals surface area contributed by atoms with Gasteiger partial charge in [0.05, 0.1) is 22.9 Å². The predicted octanol–water partition coefficient (Wildman–Crippen LogP) is 4.78. The molecule has 0 saturated carbocycles. The van der Waals surface area contributed by atoms with Gasteiger partial charge in [-0.05, 0) is 36.5 Å². The summed E-state index contributed by atoms with van der Waals surface area (Å²) < 4.78 is 7.48. The summed E-state index contributed by atoms with van der Waals surface area (Å²) in [5.74, 6) is 1.53. The summed E-state index contributed by atoms with van der Waals surface area (Å²) in [7, 11) is 0. The van der Waals surface area contributed by atoms with Gasteiger partial charge in [0, 0.05) is 18.7 Å². The molecule has 1 unspecified atom stereocenters. The number of ether oxygens (including phenoxy) is 1. The van der Waals surface area contributed by atoms with Crippen molar-refractivity contribution in [3.05, 3.63) is 60.2 Å². The van der Waals surface area contributed by atoms with E-state index in [9.17, 15) is 0 Å². The Bertz CT molecular complexity index is 1210. The smallest absolute Gasteiger partial charge is 0.225 e. The fourth-order valence-electron chi connectivity index (χ4n) is 4.10. The Labute approximate surface area is 187 Å². The molecule has 0 spiro atoms.